The quantitative estimate of drug-likeness (QED) is 0.698. The van der Waals surface area contributed by atoms with Crippen molar-refractivity contribution in [3.05, 3.63) is 60.2 Å². The fourth-order valence-corrected chi connectivity index (χ4v) is 4.11. The first-order chi connectivity index (χ1) is 12.5. The number of likely N-dealkylation sites (N-methyl/N-ethyl adjacent to an activating group) is 1. The van der Waals surface area contributed by atoms with Crippen LogP contribution in [-0.4, -0.2) is 40.6 Å². The third-order valence-corrected chi connectivity index (χ3v) is 6.61. The van der Waals surface area contributed by atoms with Crippen LogP contribution in [0.15, 0.2) is 64.4 Å². The monoisotopic (exact) mass is 411 g/mol. The fraction of sp³-hybridized carbons (Fsp3) is 0.235. The third-order valence-electron chi connectivity index (χ3n) is 3.88. The number of hydrogen-bond donors (Lipinski definition) is 2. The number of carbonyl (C=O) groups is 1. The van der Waals surface area contributed by atoms with Gasteiger partial charge >= 0.3 is 0 Å². The molecule has 1 unspecified atom stereocenters. The summed E-state index contributed by atoms with van der Waals surface area (Å²) in [5.41, 5.74) is 0.531. The highest BCUT2D eigenvalue weighted by Gasteiger charge is 2.23. The van der Waals surface area contributed by atoms with Crippen molar-refractivity contribution in [3.8, 4) is 0 Å². The maximum absolute atomic E-state index is 12.4. The summed E-state index contributed by atoms with van der Waals surface area (Å²) in [5.74, 6) is -0.523. The number of nitrogens with one attached hydrogen (secondary N) is 1. The van der Waals surface area contributed by atoms with Crippen LogP contribution in [0.25, 0.3) is 0 Å². The lowest BCUT2D eigenvalue weighted by molar-refractivity contribution is -0.121. The Morgan fingerprint density at radius 1 is 1.04 bits per heavy atom. The molecular formula is C17H21N3O5S2. The minimum atomic E-state index is -3.86. The van der Waals surface area contributed by atoms with Gasteiger partial charge in [-0.25, -0.2) is 22.0 Å². The SMILES string of the molecule is CC(NC(=O)CN(C)S(=O)(=O)c1ccccc1)c1cccc(S(N)(=O)=O)c1. The van der Waals surface area contributed by atoms with Crippen molar-refractivity contribution in [2.75, 3.05) is 13.6 Å². The Kier molecular flexibility index (Phi) is 6.37. The van der Waals surface area contributed by atoms with Crippen LogP contribution in [0.1, 0.15) is 18.5 Å². The van der Waals surface area contributed by atoms with E-state index >= 15 is 0 Å². The first-order valence-corrected chi connectivity index (χ1v) is 10.9. The van der Waals surface area contributed by atoms with Crippen LogP contribution in [0.3, 0.4) is 0 Å². The van der Waals surface area contributed by atoms with Crippen LogP contribution in [0, 0.1) is 0 Å². The molecule has 2 rings (SSSR count). The smallest absolute Gasteiger partial charge is 0.243 e. The first-order valence-electron chi connectivity index (χ1n) is 7.95. The van der Waals surface area contributed by atoms with Gasteiger partial charge in [-0.3, -0.25) is 4.79 Å². The highest BCUT2D eigenvalue weighted by atomic mass is 32.2. The number of amides is 1. The van der Waals surface area contributed by atoms with Gasteiger partial charge in [0, 0.05) is 7.05 Å². The molecule has 2 aromatic carbocycles. The van der Waals surface area contributed by atoms with Gasteiger partial charge in [-0.2, -0.15) is 4.31 Å². The summed E-state index contributed by atoms with van der Waals surface area (Å²) in [7, 11) is -6.33. The molecule has 3 N–H and O–H groups in total. The van der Waals surface area contributed by atoms with E-state index in [1.54, 1.807) is 31.2 Å². The zero-order valence-electron chi connectivity index (χ0n) is 14.9. The second-order valence-corrected chi connectivity index (χ2v) is 9.59. The zero-order chi connectivity index (χ0) is 20.2. The molecule has 146 valence electrons. The Morgan fingerprint density at radius 3 is 2.22 bits per heavy atom. The molecule has 0 aliphatic rings. The number of hydrogen-bond acceptors (Lipinski definition) is 5. The first kappa shape index (κ1) is 21.0. The molecule has 0 fully saturated rings. The van der Waals surface area contributed by atoms with E-state index in [0.29, 0.717) is 5.56 Å². The summed E-state index contributed by atoms with van der Waals surface area (Å²) in [5, 5.41) is 7.76. The van der Waals surface area contributed by atoms with E-state index < -0.39 is 32.0 Å². The van der Waals surface area contributed by atoms with E-state index in [4.69, 9.17) is 5.14 Å². The van der Waals surface area contributed by atoms with Crippen molar-refractivity contribution in [1.82, 2.24) is 9.62 Å². The number of sulfonamides is 2. The molecule has 1 atom stereocenters. The van der Waals surface area contributed by atoms with Gasteiger partial charge in [0.25, 0.3) is 0 Å². The molecule has 0 aliphatic carbocycles. The van der Waals surface area contributed by atoms with Crippen LogP contribution >= 0.6 is 0 Å². The van der Waals surface area contributed by atoms with Crippen molar-refractivity contribution in [2.24, 2.45) is 5.14 Å². The van der Waals surface area contributed by atoms with E-state index in [1.165, 1.54) is 37.4 Å². The van der Waals surface area contributed by atoms with Gasteiger partial charge in [0.2, 0.25) is 26.0 Å². The average Bonchev–Trinajstić information content (AvgIpc) is 2.61. The van der Waals surface area contributed by atoms with Gasteiger partial charge in [0.15, 0.2) is 0 Å². The molecular weight excluding hydrogens is 390 g/mol. The van der Waals surface area contributed by atoms with E-state index in [2.05, 4.69) is 5.32 Å². The summed E-state index contributed by atoms with van der Waals surface area (Å²) in [6, 6.07) is 13.1. The van der Waals surface area contributed by atoms with Crippen LogP contribution in [0.5, 0.6) is 0 Å². The molecule has 0 heterocycles. The zero-order valence-corrected chi connectivity index (χ0v) is 16.5. The molecule has 27 heavy (non-hydrogen) atoms. The van der Waals surface area contributed by atoms with Gasteiger partial charge in [0.1, 0.15) is 0 Å². The molecule has 0 bridgehead atoms. The number of benzene rings is 2. The molecule has 8 nitrogen and oxygen atoms in total. The van der Waals surface area contributed by atoms with E-state index in [9.17, 15) is 21.6 Å². The van der Waals surface area contributed by atoms with Gasteiger partial charge in [-0.15, -0.1) is 0 Å². The van der Waals surface area contributed by atoms with Crippen LogP contribution < -0.4 is 10.5 Å². The minimum Gasteiger partial charge on any atom is -0.348 e. The largest absolute Gasteiger partial charge is 0.348 e. The Morgan fingerprint density at radius 2 is 1.63 bits per heavy atom. The molecule has 0 aromatic heterocycles. The number of carbonyl (C=O) groups excluding carboxylic acids is 1. The molecule has 0 saturated heterocycles. The maximum atomic E-state index is 12.4. The molecule has 0 radical (unpaired) electrons. The summed E-state index contributed by atoms with van der Waals surface area (Å²) >= 11 is 0. The molecule has 0 aliphatic heterocycles. The highest BCUT2D eigenvalue weighted by Crippen LogP contribution is 2.17. The lowest BCUT2D eigenvalue weighted by atomic mass is 10.1. The van der Waals surface area contributed by atoms with Crippen molar-refractivity contribution >= 4 is 26.0 Å². The highest BCUT2D eigenvalue weighted by molar-refractivity contribution is 7.89. The maximum Gasteiger partial charge on any atom is 0.243 e. The van der Waals surface area contributed by atoms with Gasteiger partial charge in [0.05, 0.1) is 22.4 Å². The standard InChI is InChI=1S/C17H21N3O5S2/c1-13(14-7-6-10-16(11-14)26(18,22)23)19-17(21)12-20(2)27(24,25)15-8-4-3-5-9-15/h3-11,13H,12H2,1-2H3,(H,19,21)(H2,18,22,23). The second-order valence-electron chi connectivity index (χ2n) is 5.98. The van der Waals surface area contributed by atoms with Crippen molar-refractivity contribution in [1.29, 1.82) is 0 Å². The Balaban J connectivity index is 2.07. The predicted molar refractivity (Wildman–Crippen MR) is 101 cm³/mol. The average molecular weight is 412 g/mol. The van der Waals surface area contributed by atoms with E-state index in [1.807, 2.05) is 0 Å². The lowest BCUT2D eigenvalue weighted by Crippen LogP contribution is -2.39. The number of nitrogens with two attached hydrogens (primary N) is 1. The van der Waals surface area contributed by atoms with E-state index in [-0.39, 0.29) is 16.3 Å². The molecule has 2 aromatic rings. The topological polar surface area (TPSA) is 127 Å². The second kappa shape index (κ2) is 8.17. The van der Waals surface area contributed by atoms with Gasteiger partial charge < -0.3 is 5.32 Å². The number of rotatable bonds is 7. The van der Waals surface area contributed by atoms with Crippen molar-refractivity contribution in [3.63, 3.8) is 0 Å². The van der Waals surface area contributed by atoms with Gasteiger partial charge in [-0.05, 0) is 36.8 Å². The normalized spacial score (nSPS) is 13.3. The van der Waals surface area contributed by atoms with E-state index in [0.717, 1.165) is 4.31 Å². The van der Waals surface area contributed by atoms with Crippen LogP contribution in [-0.2, 0) is 24.8 Å². The Hall–Kier alpha value is -2.27. The fourth-order valence-electron chi connectivity index (χ4n) is 2.39. The summed E-state index contributed by atoms with van der Waals surface area (Å²) < 4.78 is 48.7. The van der Waals surface area contributed by atoms with Crippen molar-refractivity contribution < 1.29 is 21.6 Å². The molecule has 0 saturated carbocycles. The number of nitrogens with zero attached hydrogens (tertiary/aromatic N) is 1. The molecule has 0 spiro atoms. The number of primary sulfonamides is 1. The minimum absolute atomic E-state index is 0.0649. The summed E-state index contributed by atoms with van der Waals surface area (Å²) in [4.78, 5) is 12.3. The predicted octanol–water partition coefficient (Wildman–Crippen LogP) is 0.832. The van der Waals surface area contributed by atoms with Crippen LogP contribution in [0.4, 0.5) is 0 Å². The molecule has 1 amide bonds. The summed E-state index contributed by atoms with van der Waals surface area (Å²) in [6.07, 6.45) is 0. The van der Waals surface area contributed by atoms with Crippen LogP contribution in [0.2, 0.25) is 0 Å². The molecule has 10 heteroatoms. The Labute approximate surface area is 159 Å². The van der Waals surface area contributed by atoms with Gasteiger partial charge in [-0.1, -0.05) is 30.3 Å². The van der Waals surface area contributed by atoms with Crippen molar-refractivity contribution in [2.45, 2.75) is 22.8 Å². The Bertz CT molecular complexity index is 1020. The summed E-state index contributed by atoms with van der Waals surface area (Å²) in [6.45, 7) is 1.28. The third kappa shape index (κ3) is 5.36. The lowest BCUT2D eigenvalue weighted by Gasteiger charge is -2.19.